The van der Waals surface area contributed by atoms with Gasteiger partial charge < -0.3 is 13.8 Å². The number of aryl methyl sites for hydroxylation is 1. The molecule has 0 unspecified atom stereocenters. The van der Waals surface area contributed by atoms with E-state index in [9.17, 15) is 9.59 Å². The van der Waals surface area contributed by atoms with Gasteiger partial charge in [-0.1, -0.05) is 5.16 Å². The highest BCUT2D eigenvalue weighted by atomic mass is 16.5. The minimum atomic E-state index is -0.420. The highest BCUT2D eigenvalue weighted by Crippen LogP contribution is 2.14. The molecule has 2 aromatic rings. The molecule has 0 bridgehead atoms. The predicted molar refractivity (Wildman–Crippen MR) is 71.7 cm³/mol. The molecule has 106 valence electrons. The van der Waals surface area contributed by atoms with E-state index < -0.39 is 5.97 Å². The third kappa shape index (κ3) is 2.64. The zero-order chi connectivity index (χ0) is 14.7. The Bertz CT molecular complexity index is 671. The van der Waals surface area contributed by atoms with E-state index in [1.165, 1.54) is 16.9 Å². The summed E-state index contributed by atoms with van der Waals surface area (Å²) >= 11 is 0. The monoisotopic (exact) mass is 276 g/mol. The van der Waals surface area contributed by atoms with Crippen molar-refractivity contribution < 1.29 is 14.1 Å². The molecule has 0 radical (unpaired) electrons. The van der Waals surface area contributed by atoms with Gasteiger partial charge >= 0.3 is 5.97 Å². The molecular formula is C14H16N2O4. The minimum absolute atomic E-state index is 0.184. The molecule has 0 saturated heterocycles. The van der Waals surface area contributed by atoms with Crippen molar-refractivity contribution in [3.8, 4) is 0 Å². The number of esters is 1. The summed E-state index contributed by atoms with van der Waals surface area (Å²) in [6.45, 7) is 5.74. The van der Waals surface area contributed by atoms with E-state index in [1.807, 2.05) is 0 Å². The number of carbonyl (C=O) groups is 1. The Kier molecular flexibility index (Phi) is 4.02. The van der Waals surface area contributed by atoms with E-state index in [0.29, 0.717) is 29.1 Å². The number of carbonyl (C=O) groups excluding carboxylic acids is 1. The first-order chi connectivity index (χ1) is 9.54. The number of pyridine rings is 1. The summed E-state index contributed by atoms with van der Waals surface area (Å²) in [7, 11) is 0. The summed E-state index contributed by atoms with van der Waals surface area (Å²) in [6.07, 6.45) is 1.44. The molecular weight excluding hydrogens is 260 g/mol. The van der Waals surface area contributed by atoms with E-state index in [1.54, 1.807) is 26.8 Å². The van der Waals surface area contributed by atoms with Crippen LogP contribution >= 0.6 is 0 Å². The van der Waals surface area contributed by atoms with Crippen LogP contribution in [0.3, 0.4) is 0 Å². The fourth-order valence-electron chi connectivity index (χ4n) is 2.11. The van der Waals surface area contributed by atoms with Crippen LogP contribution in [0.2, 0.25) is 0 Å². The van der Waals surface area contributed by atoms with Gasteiger partial charge in [0.25, 0.3) is 5.56 Å². The van der Waals surface area contributed by atoms with Crippen LogP contribution in [0.25, 0.3) is 0 Å². The minimum Gasteiger partial charge on any atom is -0.462 e. The van der Waals surface area contributed by atoms with E-state index in [-0.39, 0.29) is 12.1 Å². The summed E-state index contributed by atoms with van der Waals surface area (Å²) in [5.74, 6) is -0.420. The predicted octanol–water partition coefficient (Wildman–Crippen LogP) is 1.68. The first kappa shape index (κ1) is 14.0. The zero-order valence-corrected chi connectivity index (χ0v) is 11.7. The van der Waals surface area contributed by atoms with Gasteiger partial charge in [-0.2, -0.15) is 0 Å². The summed E-state index contributed by atoms with van der Waals surface area (Å²) in [6, 6.07) is 3.11. The maximum atomic E-state index is 12.1. The van der Waals surface area contributed by atoms with Crippen molar-refractivity contribution in [1.82, 2.24) is 9.72 Å². The molecule has 6 nitrogen and oxygen atoms in total. The highest BCUT2D eigenvalue weighted by Gasteiger charge is 2.18. The van der Waals surface area contributed by atoms with Crippen molar-refractivity contribution >= 4 is 5.97 Å². The summed E-state index contributed by atoms with van der Waals surface area (Å²) in [4.78, 5) is 24.1. The lowest BCUT2D eigenvalue weighted by atomic mass is 10.1. The molecule has 0 N–H and O–H groups in total. The fourth-order valence-corrected chi connectivity index (χ4v) is 2.11. The SMILES string of the molecule is CCOC(=O)c1c(C)cc(=O)n(Cc2ccon2)c1C. The van der Waals surface area contributed by atoms with Gasteiger partial charge in [0.1, 0.15) is 12.0 Å². The van der Waals surface area contributed by atoms with Gasteiger partial charge in [0.15, 0.2) is 0 Å². The molecule has 0 atom stereocenters. The van der Waals surface area contributed by atoms with Crippen LogP contribution in [0, 0.1) is 13.8 Å². The Balaban J connectivity index is 2.49. The second-order valence-corrected chi connectivity index (χ2v) is 4.42. The summed E-state index contributed by atoms with van der Waals surface area (Å²) in [5.41, 5.74) is 2.04. The van der Waals surface area contributed by atoms with Gasteiger partial charge in [-0.25, -0.2) is 4.79 Å². The lowest BCUT2D eigenvalue weighted by Gasteiger charge is -2.14. The molecule has 0 aromatic carbocycles. The molecule has 0 amide bonds. The number of nitrogens with zero attached hydrogens (tertiary/aromatic N) is 2. The smallest absolute Gasteiger partial charge is 0.340 e. The topological polar surface area (TPSA) is 74.3 Å². The standard InChI is InChI=1S/C14H16N2O4/c1-4-19-14(18)13-9(2)7-12(17)16(10(13)3)8-11-5-6-20-15-11/h5-7H,4,8H2,1-3H3. The molecule has 0 spiro atoms. The lowest BCUT2D eigenvalue weighted by molar-refractivity contribution is 0.0523. The Morgan fingerprint density at radius 1 is 1.45 bits per heavy atom. The Labute approximate surface area is 116 Å². The second-order valence-electron chi connectivity index (χ2n) is 4.42. The van der Waals surface area contributed by atoms with Crippen LogP contribution in [0.5, 0.6) is 0 Å². The van der Waals surface area contributed by atoms with Crippen molar-refractivity contribution in [2.24, 2.45) is 0 Å². The Hall–Kier alpha value is -2.37. The van der Waals surface area contributed by atoms with Crippen molar-refractivity contribution in [3.05, 3.63) is 51.3 Å². The van der Waals surface area contributed by atoms with Gasteiger partial charge in [-0.15, -0.1) is 0 Å². The molecule has 0 fully saturated rings. The highest BCUT2D eigenvalue weighted by molar-refractivity contribution is 5.92. The molecule has 2 aromatic heterocycles. The number of ether oxygens (including phenoxy) is 1. The van der Waals surface area contributed by atoms with E-state index >= 15 is 0 Å². The number of rotatable bonds is 4. The number of hydrogen-bond acceptors (Lipinski definition) is 5. The summed E-state index contributed by atoms with van der Waals surface area (Å²) in [5, 5.41) is 3.78. The Morgan fingerprint density at radius 3 is 2.80 bits per heavy atom. The average Bonchev–Trinajstić information content (AvgIpc) is 2.87. The fraction of sp³-hybridized carbons (Fsp3) is 0.357. The van der Waals surface area contributed by atoms with Crippen LogP contribution in [0.1, 0.15) is 34.2 Å². The molecule has 0 aliphatic rings. The van der Waals surface area contributed by atoms with E-state index in [4.69, 9.17) is 9.26 Å². The maximum absolute atomic E-state index is 12.1. The van der Waals surface area contributed by atoms with Crippen molar-refractivity contribution in [3.63, 3.8) is 0 Å². The number of hydrogen-bond donors (Lipinski definition) is 0. The van der Waals surface area contributed by atoms with Gasteiger partial charge in [0.05, 0.1) is 18.7 Å². The third-order valence-electron chi connectivity index (χ3n) is 3.06. The number of aromatic nitrogens is 2. The molecule has 20 heavy (non-hydrogen) atoms. The second kappa shape index (κ2) is 5.73. The van der Waals surface area contributed by atoms with Gasteiger partial charge in [-0.3, -0.25) is 4.79 Å². The third-order valence-corrected chi connectivity index (χ3v) is 3.06. The Morgan fingerprint density at radius 2 is 2.20 bits per heavy atom. The van der Waals surface area contributed by atoms with Crippen LogP contribution in [-0.4, -0.2) is 22.3 Å². The quantitative estimate of drug-likeness (QED) is 0.794. The molecule has 6 heteroatoms. The first-order valence-electron chi connectivity index (χ1n) is 6.32. The molecule has 0 aliphatic heterocycles. The van der Waals surface area contributed by atoms with Crippen LogP contribution < -0.4 is 5.56 Å². The van der Waals surface area contributed by atoms with Gasteiger partial charge in [-0.05, 0) is 26.3 Å². The van der Waals surface area contributed by atoms with E-state index in [2.05, 4.69) is 5.16 Å². The van der Waals surface area contributed by atoms with Crippen LogP contribution in [-0.2, 0) is 11.3 Å². The van der Waals surface area contributed by atoms with Crippen molar-refractivity contribution in [2.45, 2.75) is 27.3 Å². The lowest BCUT2D eigenvalue weighted by Crippen LogP contribution is -2.26. The van der Waals surface area contributed by atoms with Crippen LogP contribution in [0.4, 0.5) is 0 Å². The molecule has 2 heterocycles. The normalized spacial score (nSPS) is 10.6. The van der Waals surface area contributed by atoms with Gasteiger partial charge in [0, 0.05) is 17.8 Å². The molecule has 0 aliphatic carbocycles. The molecule has 2 rings (SSSR count). The zero-order valence-electron chi connectivity index (χ0n) is 11.7. The summed E-state index contributed by atoms with van der Waals surface area (Å²) < 4.78 is 11.3. The van der Waals surface area contributed by atoms with Crippen molar-refractivity contribution in [2.75, 3.05) is 6.61 Å². The maximum Gasteiger partial charge on any atom is 0.340 e. The van der Waals surface area contributed by atoms with Crippen LogP contribution in [0.15, 0.2) is 27.7 Å². The molecule has 0 saturated carbocycles. The van der Waals surface area contributed by atoms with Gasteiger partial charge in [0.2, 0.25) is 0 Å². The average molecular weight is 276 g/mol. The van der Waals surface area contributed by atoms with E-state index in [0.717, 1.165) is 0 Å². The first-order valence-corrected chi connectivity index (χ1v) is 6.32. The van der Waals surface area contributed by atoms with Crippen molar-refractivity contribution in [1.29, 1.82) is 0 Å². The largest absolute Gasteiger partial charge is 0.462 e.